The summed E-state index contributed by atoms with van der Waals surface area (Å²) < 4.78 is 22.4. The van der Waals surface area contributed by atoms with E-state index in [1.807, 2.05) is 6.07 Å². The number of amides is 1. The molecule has 0 saturated heterocycles. The third-order valence-electron chi connectivity index (χ3n) is 3.62. The minimum Gasteiger partial charge on any atom is -0.367 e. The summed E-state index contributed by atoms with van der Waals surface area (Å²) in [6.45, 7) is 0.270. The molecule has 7 nitrogen and oxygen atoms in total. The van der Waals surface area contributed by atoms with E-state index in [0.717, 1.165) is 18.4 Å². The van der Waals surface area contributed by atoms with E-state index in [1.165, 1.54) is 12.1 Å². The molecule has 1 heterocycles. The highest BCUT2D eigenvalue weighted by Crippen LogP contribution is 2.23. The summed E-state index contributed by atoms with van der Waals surface area (Å²) >= 11 is 0. The summed E-state index contributed by atoms with van der Waals surface area (Å²) in [5.74, 6) is 0.410. The second-order valence-electron chi connectivity index (χ2n) is 5.70. The summed E-state index contributed by atoms with van der Waals surface area (Å²) in [6.07, 6.45) is 2.26. The molecule has 0 atom stereocenters. The number of anilines is 1. The number of aromatic nitrogens is 1. The van der Waals surface area contributed by atoms with Gasteiger partial charge in [-0.15, -0.1) is 0 Å². The highest BCUT2D eigenvalue weighted by atomic mass is 32.2. The number of rotatable bonds is 6. The Kier molecular flexibility index (Phi) is 4.50. The van der Waals surface area contributed by atoms with Crippen LogP contribution in [0.5, 0.6) is 0 Å². The summed E-state index contributed by atoms with van der Waals surface area (Å²) in [5, 5.41) is 11.1. The van der Waals surface area contributed by atoms with Crippen molar-refractivity contribution in [1.82, 2.24) is 10.3 Å². The van der Waals surface area contributed by atoms with Crippen LogP contribution < -0.4 is 15.8 Å². The number of sulfonamides is 1. The lowest BCUT2D eigenvalue weighted by molar-refractivity contribution is 0.0946. The zero-order valence-electron chi connectivity index (χ0n) is 12.9. The van der Waals surface area contributed by atoms with Crippen LogP contribution in [-0.4, -0.2) is 25.4 Å². The van der Waals surface area contributed by atoms with E-state index in [2.05, 4.69) is 15.6 Å². The van der Waals surface area contributed by atoms with Gasteiger partial charge < -0.3 is 10.6 Å². The fraction of sp³-hybridized carbons (Fsp3) is 0.250. The fourth-order valence-corrected chi connectivity index (χ4v) is 2.66. The third-order valence-corrected chi connectivity index (χ3v) is 4.55. The summed E-state index contributed by atoms with van der Waals surface area (Å²) in [7, 11) is -3.71. The van der Waals surface area contributed by atoms with Gasteiger partial charge in [0, 0.05) is 12.6 Å². The first-order valence-electron chi connectivity index (χ1n) is 7.55. The molecule has 1 amide bonds. The lowest BCUT2D eigenvalue weighted by Crippen LogP contribution is -2.24. The van der Waals surface area contributed by atoms with E-state index in [1.54, 1.807) is 24.3 Å². The Balaban J connectivity index is 1.60. The smallest absolute Gasteiger partial charge is 0.270 e. The molecular formula is C16H18N4O3S. The number of nitrogens with zero attached hydrogens (tertiary/aromatic N) is 1. The number of benzene rings is 1. The van der Waals surface area contributed by atoms with E-state index in [0.29, 0.717) is 17.6 Å². The standard InChI is InChI=1S/C16H18N4O3S/c17-24(22,23)13-8-4-11(5-9-13)10-18-16(21)14-2-1-3-15(20-14)19-12-6-7-12/h1-5,8-9,12H,6-7,10H2,(H,18,21)(H,19,20)(H2,17,22,23). The molecule has 0 radical (unpaired) electrons. The molecule has 126 valence electrons. The van der Waals surface area contributed by atoms with Gasteiger partial charge in [-0.1, -0.05) is 18.2 Å². The van der Waals surface area contributed by atoms with Crippen molar-refractivity contribution in [2.24, 2.45) is 5.14 Å². The molecule has 1 saturated carbocycles. The number of carbonyl (C=O) groups excluding carboxylic acids is 1. The van der Waals surface area contributed by atoms with Gasteiger partial charge in [-0.3, -0.25) is 4.79 Å². The van der Waals surface area contributed by atoms with Crippen molar-refractivity contribution in [3.05, 3.63) is 53.7 Å². The molecule has 4 N–H and O–H groups in total. The van der Waals surface area contributed by atoms with Gasteiger partial charge in [0.15, 0.2) is 0 Å². The maximum Gasteiger partial charge on any atom is 0.270 e. The number of hydrogen-bond acceptors (Lipinski definition) is 5. The van der Waals surface area contributed by atoms with Gasteiger partial charge in [-0.25, -0.2) is 18.5 Å². The molecule has 3 rings (SSSR count). The van der Waals surface area contributed by atoms with Gasteiger partial charge in [-0.05, 0) is 42.7 Å². The molecule has 1 fully saturated rings. The maximum absolute atomic E-state index is 12.2. The van der Waals surface area contributed by atoms with Crippen LogP contribution in [0.15, 0.2) is 47.4 Å². The normalized spacial score (nSPS) is 14.2. The molecule has 1 aliphatic rings. The second-order valence-corrected chi connectivity index (χ2v) is 7.26. The van der Waals surface area contributed by atoms with Gasteiger partial charge in [0.05, 0.1) is 4.90 Å². The van der Waals surface area contributed by atoms with Crippen LogP contribution in [0.1, 0.15) is 28.9 Å². The van der Waals surface area contributed by atoms with Crippen LogP contribution in [0.2, 0.25) is 0 Å². The van der Waals surface area contributed by atoms with E-state index < -0.39 is 10.0 Å². The molecule has 0 aliphatic heterocycles. The number of primary sulfonamides is 1. The molecule has 0 spiro atoms. The zero-order chi connectivity index (χ0) is 17.2. The van der Waals surface area contributed by atoms with Crippen molar-refractivity contribution in [2.75, 3.05) is 5.32 Å². The average molecular weight is 346 g/mol. The van der Waals surface area contributed by atoms with Gasteiger partial charge >= 0.3 is 0 Å². The first kappa shape index (κ1) is 16.4. The molecule has 0 unspecified atom stereocenters. The van der Waals surface area contributed by atoms with Gasteiger partial charge in [-0.2, -0.15) is 0 Å². The largest absolute Gasteiger partial charge is 0.367 e. The van der Waals surface area contributed by atoms with E-state index >= 15 is 0 Å². The maximum atomic E-state index is 12.2. The predicted octanol–water partition coefficient (Wildman–Crippen LogP) is 1.23. The summed E-state index contributed by atoms with van der Waals surface area (Å²) in [4.78, 5) is 16.5. The quantitative estimate of drug-likeness (QED) is 0.728. The second kappa shape index (κ2) is 6.58. The highest BCUT2D eigenvalue weighted by molar-refractivity contribution is 7.89. The fourth-order valence-electron chi connectivity index (χ4n) is 2.15. The molecule has 1 aliphatic carbocycles. The minimum atomic E-state index is -3.71. The Morgan fingerprint density at radius 1 is 1.17 bits per heavy atom. The summed E-state index contributed by atoms with van der Waals surface area (Å²) in [5.41, 5.74) is 1.10. The molecule has 24 heavy (non-hydrogen) atoms. The number of nitrogens with two attached hydrogens (primary N) is 1. The summed E-state index contributed by atoms with van der Waals surface area (Å²) in [6, 6.07) is 11.8. The van der Waals surface area contributed by atoms with Crippen molar-refractivity contribution < 1.29 is 13.2 Å². The van der Waals surface area contributed by atoms with Crippen LogP contribution >= 0.6 is 0 Å². The average Bonchev–Trinajstić information content (AvgIpc) is 3.36. The minimum absolute atomic E-state index is 0.0399. The van der Waals surface area contributed by atoms with Gasteiger partial charge in [0.2, 0.25) is 10.0 Å². The Morgan fingerprint density at radius 2 is 1.88 bits per heavy atom. The number of carbonyl (C=O) groups is 1. The first-order valence-corrected chi connectivity index (χ1v) is 9.10. The van der Waals surface area contributed by atoms with Crippen LogP contribution in [0.25, 0.3) is 0 Å². The van der Waals surface area contributed by atoms with Crippen LogP contribution in [0, 0.1) is 0 Å². The van der Waals surface area contributed by atoms with E-state index in [4.69, 9.17) is 5.14 Å². The topological polar surface area (TPSA) is 114 Å². The van der Waals surface area contributed by atoms with Crippen LogP contribution in [0.4, 0.5) is 5.82 Å². The SMILES string of the molecule is NS(=O)(=O)c1ccc(CNC(=O)c2cccc(NC3CC3)n2)cc1. The van der Waals surface area contributed by atoms with Gasteiger partial charge in [0.25, 0.3) is 5.91 Å². The van der Waals surface area contributed by atoms with Gasteiger partial charge in [0.1, 0.15) is 11.5 Å². The molecular weight excluding hydrogens is 328 g/mol. The van der Waals surface area contributed by atoms with Crippen LogP contribution in [0.3, 0.4) is 0 Å². The molecule has 2 aromatic rings. The van der Waals surface area contributed by atoms with Crippen molar-refractivity contribution >= 4 is 21.7 Å². The number of hydrogen-bond donors (Lipinski definition) is 3. The zero-order valence-corrected chi connectivity index (χ0v) is 13.7. The first-order chi connectivity index (χ1) is 11.4. The Labute approximate surface area is 140 Å². The Morgan fingerprint density at radius 3 is 2.50 bits per heavy atom. The Bertz CT molecular complexity index is 846. The van der Waals surface area contributed by atoms with Crippen molar-refractivity contribution in [3.8, 4) is 0 Å². The molecule has 1 aromatic carbocycles. The van der Waals surface area contributed by atoms with E-state index in [9.17, 15) is 13.2 Å². The highest BCUT2D eigenvalue weighted by Gasteiger charge is 2.21. The van der Waals surface area contributed by atoms with Crippen molar-refractivity contribution in [1.29, 1.82) is 0 Å². The van der Waals surface area contributed by atoms with Crippen molar-refractivity contribution in [2.45, 2.75) is 30.3 Å². The van der Waals surface area contributed by atoms with Crippen LogP contribution in [-0.2, 0) is 16.6 Å². The Hall–Kier alpha value is -2.45. The van der Waals surface area contributed by atoms with Crippen molar-refractivity contribution in [3.63, 3.8) is 0 Å². The lowest BCUT2D eigenvalue weighted by atomic mass is 10.2. The number of pyridine rings is 1. The monoisotopic (exact) mass is 346 g/mol. The van der Waals surface area contributed by atoms with E-state index in [-0.39, 0.29) is 17.3 Å². The lowest BCUT2D eigenvalue weighted by Gasteiger charge is -2.08. The molecule has 1 aromatic heterocycles. The predicted molar refractivity (Wildman–Crippen MR) is 89.9 cm³/mol. The number of nitrogens with one attached hydrogen (secondary N) is 2. The molecule has 0 bridgehead atoms. The molecule has 8 heteroatoms. The third kappa shape index (κ3) is 4.30.